The summed E-state index contributed by atoms with van der Waals surface area (Å²) < 4.78 is 19.3. The number of anilines is 2. The van der Waals surface area contributed by atoms with Gasteiger partial charge >= 0.3 is 0 Å². The topological polar surface area (TPSA) is 50.4 Å². The van der Waals surface area contributed by atoms with Crippen LogP contribution in [0.1, 0.15) is 5.56 Å². The summed E-state index contributed by atoms with van der Waals surface area (Å²) in [6.07, 6.45) is 0.823. The van der Waals surface area contributed by atoms with Crippen molar-refractivity contribution in [3.8, 4) is 5.75 Å². The Bertz CT molecular complexity index is 884. The van der Waals surface area contributed by atoms with Gasteiger partial charge in [0.2, 0.25) is 5.91 Å². The van der Waals surface area contributed by atoms with E-state index in [2.05, 4.69) is 22.8 Å². The monoisotopic (exact) mass is 364 g/mol. The molecular weight excluding hydrogens is 343 g/mol. The Labute approximate surface area is 158 Å². The molecule has 3 aromatic carbocycles. The number of nitrogens with one attached hydrogen (secondary N) is 2. The second-order valence-electron chi connectivity index (χ2n) is 5.99. The molecule has 3 aromatic rings. The molecule has 0 bridgehead atoms. The minimum Gasteiger partial charge on any atom is -0.493 e. The van der Waals surface area contributed by atoms with Gasteiger partial charge in [0.05, 0.1) is 18.8 Å². The summed E-state index contributed by atoms with van der Waals surface area (Å²) in [6.45, 7) is 0.600. The Morgan fingerprint density at radius 1 is 0.926 bits per heavy atom. The predicted molar refractivity (Wildman–Crippen MR) is 106 cm³/mol. The summed E-state index contributed by atoms with van der Waals surface area (Å²) in [4.78, 5) is 12.0. The van der Waals surface area contributed by atoms with Crippen molar-refractivity contribution in [3.05, 3.63) is 90.2 Å². The highest BCUT2D eigenvalue weighted by Crippen LogP contribution is 2.18. The van der Waals surface area contributed by atoms with Crippen molar-refractivity contribution >= 4 is 17.3 Å². The van der Waals surface area contributed by atoms with E-state index in [1.165, 1.54) is 17.7 Å². The van der Waals surface area contributed by atoms with Crippen LogP contribution in [-0.4, -0.2) is 19.1 Å². The quantitative estimate of drug-likeness (QED) is 0.619. The summed E-state index contributed by atoms with van der Waals surface area (Å²) in [7, 11) is 0. The van der Waals surface area contributed by atoms with Crippen molar-refractivity contribution in [3.63, 3.8) is 0 Å². The summed E-state index contributed by atoms with van der Waals surface area (Å²) in [5, 5.41) is 5.56. The second kappa shape index (κ2) is 9.38. The van der Waals surface area contributed by atoms with Gasteiger partial charge in [-0.05, 0) is 29.8 Å². The van der Waals surface area contributed by atoms with Gasteiger partial charge in [0.25, 0.3) is 0 Å². The molecule has 1 amide bonds. The molecule has 0 unspecified atom stereocenters. The fourth-order valence-electron chi connectivity index (χ4n) is 2.57. The van der Waals surface area contributed by atoms with Gasteiger partial charge in [-0.25, -0.2) is 4.39 Å². The molecule has 0 spiro atoms. The molecule has 0 aliphatic rings. The number of ether oxygens (including phenoxy) is 1. The van der Waals surface area contributed by atoms with Crippen molar-refractivity contribution in [2.45, 2.75) is 6.42 Å². The first-order valence-corrected chi connectivity index (χ1v) is 8.76. The number of amides is 1. The van der Waals surface area contributed by atoms with Crippen LogP contribution in [0.25, 0.3) is 0 Å². The lowest BCUT2D eigenvalue weighted by atomic mass is 10.2. The largest absolute Gasteiger partial charge is 0.493 e. The maximum atomic E-state index is 13.6. The number of carbonyl (C=O) groups excluding carboxylic acids is 1. The molecule has 0 aliphatic heterocycles. The summed E-state index contributed by atoms with van der Waals surface area (Å²) in [6, 6.07) is 23.6. The average molecular weight is 364 g/mol. The van der Waals surface area contributed by atoms with Gasteiger partial charge in [-0.2, -0.15) is 0 Å². The number of halogens is 1. The molecule has 138 valence electrons. The average Bonchev–Trinajstić information content (AvgIpc) is 2.69. The molecule has 27 heavy (non-hydrogen) atoms. The van der Waals surface area contributed by atoms with Crippen molar-refractivity contribution < 1.29 is 13.9 Å². The normalized spacial score (nSPS) is 10.3. The van der Waals surface area contributed by atoms with E-state index in [9.17, 15) is 9.18 Å². The van der Waals surface area contributed by atoms with Gasteiger partial charge in [-0.3, -0.25) is 4.79 Å². The van der Waals surface area contributed by atoms with E-state index in [4.69, 9.17) is 4.74 Å². The predicted octanol–water partition coefficient (Wildman–Crippen LogP) is 4.50. The van der Waals surface area contributed by atoms with Crippen molar-refractivity contribution in [2.24, 2.45) is 0 Å². The third kappa shape index (κ3) is 5.85. The highest BCUT2D eigenvalue weighted by atomic mass is 19.1. The van der Waals surface area contributed by atoms with E-state index in [-0.39, 0.29) is 18.1 Å². The molecule has 3 rings (SSSR count). The highest BCUT2D eigenvalue weighted by Gasteiger charge is 2.06. The molecule has 0 saturated heterocycles. The molecule has 5 heteroatoms. The van der Waals surface area contributed by atoms with Gasteiger partial charge in [-0.15, -0.1) is 0 Å². The fraction of sp³-hybridized carbons (Fsp3) is 0.136. The van der Waals surface area contributed by atoms with Gasteiger partial charge in [0, 0.05) is 18.2 Å². The van der Waals surface area contributed by atoms with Crippen molar-refractivity contribution in [1.29, 1.82) is 0 Å². The summed E-state index contributed by atoms with van der Waals surface area (Å²) >= 11 is 0. The number of rotatable bonds is 8. The van der Waals surface area contributed by atoms with E-state index >= 15 is 0 Å². The van der Waals surface area contributed by atoms with Crippen LogP contribution in [0, 0.1) is 5.82 Å². The lowest BCUT2D eigenvalue weighted by Crippen LogP contribution is -2.22. The van der Waals surface area contributed by atoms with E-state index in [1.807, 2.05) is 42.5 Å². The number of para-hydroxylation sites is 1. The molecular formula is C22H21FN2O2. The molecule has 0 fully saturated rings. The summed E-state index contributed by atoms with van der Waals surface area (Å²) in [5.74, 6) is -0.0550. The van der Waals surface area contributed by atoms with Gasteiger partial charge in [0.1, 0.15) is 11.6 Å². The van der Waals surface area contributed by atoms with E-state index in [1.54, 1.807) is 12.1 Å². The van der Waals surface area contributed by atoms with E-state index < -0.39 is 5.82 Å². The maximum absolute atomic E-state index is 13.6. The zero-order chi connectivity index (χ0) is 18.9. The fourth-order valence-corrected chi connectivity index (χ4v) is 2.57. The number of carbonyl (C=O) groups is 1. The minimum absolute atomic E-state index is 0.0296. The molecule has 0 heterocycles. The minimum atomic E-state index is -0.459. The standard InChI is InChI=1S/C22H21FN2O2/c23-20-11-4-5-12-21(20)25-22(26)16-24-18-9-6-10-19(15-18)27-14-13-17-7-2-1-3-8-17/h1-12,15,24H,13-14,16H2,(H,25,26). The van der Waals surface area contributed by atoms with Crippen molar-refractivity contribution in [2.75, 3.05) is 23.8 Å². The molecule has 0 radical (unpaired) electrons. The Morgan fingerprint density at radius 3 is 2.52 bits per heavy atom. The van der Waals surface area contributed by atoms with Crippen LogP contribution >= 0.6 is 0 Å². The number of hydrogen-bond acceptors (Lipinski definition) is 3. The molecule has 2 N–H and O–H groups in total. The molecule has 0 aromatic heterocycles. The van der Waals surface area contributed by atoms with Crippen LogP contribution in [0.15, 0.2) is 78.9 Å². The molecule has 0 aliphatic carbocycles. The van der Waals surface area contributed by atoms with E-state index in [0.717, 1.165) is 17.9 Å². The molecule has 0 atom stereocenters. The van der Waals surface area contributed by atoms with Crippen LogP contribution in [0.2, 0.25) is 0 Å². The Balaban J connectivity index is 1.47. The van der Waals surface area contributed by atoms with Crippen LogP contribution in [-0.2, 0) is 11.2 Å². The maximum Gasteiger partial charge on any atom is 0.243 e. The summed E-state index contributed by atoms with van der Waals surface area (Å²) in [5.41, 5.74) is 2.15. The smallest absolute Gasteiger partial charge is 0.243 e. The third-order valence-corrected chi connectivity index (χ3v) is 3.94. The van der Waals surface area contributed by atoms with Crippen LogP contribution in [0.5, 0.6) is 5.75 Å². The van der Waals surface area contributed by atoms with Crippen LogP contribution < -0.4 is 15.4 Å². The Hall–Kier alpha value is -3.34. The van der Waals surface area contributed by atoms with Gasteiger partial charge < -0.3 is 15.4 Å². The first-order valence-electron chi connectivity index (χ1n) is 8.76. The first-order chi connectivity index (χ1) is 13.2. The SMILES string of the molecule is O=C(CNc1cccc(OCCc2ccccc2)c1)Nc1ccccc1F. The van der Waals surface area contributed by atoms with E-state index in [0.29, 0.717) is 6.61 Å². The highest BCUT2D eigenvalue weighted by molar-refractivity contribution is 5.93. The zero-order valence-electron chi connectivity index (χ0n) is 14.8. The lowest BCUT2D eigenvalue weighted by molar-refractivity contribution is -0.114. The number of benzene rings is 3. The van der Waals surface area contributed by atoms with Crippen molar-refractivity contribution in [1.82, 2.24) is 0 Å². The van der Waals surface area contributed by atoms with Crippen LogP contribution in [0.4, 0.5) is 15.8 Å². The van der Waals surface area contributed by atoms with Crippen LogP contribution in [0.3, 0.4) is 0 Å². The number of hydrogen-bond donors (Lipinski definition) is 2. The van der Waals surface area contributed by atoms with Gasteiger partial charge in [-0.1, -0.05) is 48.5 Å². The Kier molecular flexibility index (Phi) is 6.41. The Morgan fingerprint density at radius 2 is 1.70 bits per heavy atom. The second-order valence-corrected chi connectivity index (χ2v) is 5.99. The lowest BCUT2D eigenvalue weighted by Gasteiger charge is -2.11. The first kappa shape index (κ1) is 18.5. The van der Waals surface area contributed by atoms with Gasteiger partial charge in [0.15, 0.2) is 0 Å². The third-order valence-electron chi connectivity index (χ3n) is 3.94. The zero-order valence-corrected chi connectivity index (χ0v) is 14.8. The molecule has 4 nitrogen and oxygen atoms in total. The molecule has 0 saturated carbocycles.